The van der Waals surface area contributed by atoms with Crippen LogP contribution in [0.15, 0.2) is 40.8 Å². The fourth-order valence-electron chi connectivity index (χ4n) is 2.59. The first-order chi connectivity index (χ1) is 11.1. The van der Waals surface area contributed by atoms with E-state index in [1.807, 2.05) is 12.1 Å². The third-order valence-electron chi connectivity index (χ3n) is 3.91. The molecule has 4 rings (SSSR count). The number of thiazole rings is 1. The van der Waals surface area contributed by atoms with Gasteiger partial charge in [-0.25, -0.2) is 4.98 Å². The molecule has 0 aliphatic heterocycles. The van der Waals surface area contributed by atoms with E-state index in [0.29, 0.717) is 11.9 Å². The third kappa shape index (κ3) is 2.57. The molecule has 4 aromatic rings. The smallest absolute Gasteiger partial charge is 0.302 e. The topological polar surface area (TPSA) is 51.0 Å². The van der Waals surface area contributed by atoms with Gasteiger partial charge in [0.15, 0.2) is 10.7 Å². The number of aryl methyl sites for hydroxylation is 1. The van der Waals surface area contributed by atoms with Crippen LogP contribution in [0.5, 0.6) is 0 Å². The summed E-state index contributed by atoms with van der Waals surface area (Å²) in [5.74, 6) is 0.472. The lowest BCUT2D eigenvalue weighted by Gasteiger charge is -2.02. The molecule has 0 amide bonds. The summed E-state index contributed by atoms with van der Waals surface area (Å²) < 4.78 is 6.94. The van der Waals surface area contributed by atoms with Crippen LogP contribution in [0.2, 0.25) is 0 Å². The van der Waals surface area contributed by atoms with Crippen LogP contribution in [0, 0.1) is 6.92 Å². The molecule has 23 heavy (non-hydrogen) atoms. The zero-order valence-electron chi connectivity index (χ0n) is 13.3. The van der Waals surface area contributed by atoms with Crippen LogP contribution in [0.25, 0.3) is 21.3 Å². The van der Waals surface area contributed by atoms with Crippen molar-refractivity contribution in [2.24, 2.45) is 0 Å². The van der Waals surface area contributed by atoms with Gasteiger partial charge in [0.25, 0.3) is 0 Å². The molecule has 5 heteroatoms. The van der Waals surface area contributed by atoms with Crippen molar-refractivity contribution >= 4 is 43.8 Å². The minimum atomic E-state index is 0.472. The van der Waals surface area contributed by atoms with Gasteiger partial charge in [-0.3, -0.25) is 5.32 Å². The van der Waals surface area contributed by atoms with Crippen LogP contribution in [0.1, 0.15) is 30.9 Å². The number of anilines is 2. The average molecular weight is 323 g/mol. The van der Waals surface area contributed by atoms with Crippen LogP contribution in [-0.4, -0.2) is 9.97 Å². The Balaban J connectivity index is 1.69. The largest absolute Gasteiger partial charge is 0.423 e. The van der Waals surface area contributed by atoms with E-state index in [-0.39, 0.29) is 0 Å². The number of aromatic nitrogens is 2. The number of nitrogens with zero attached hydrogens (tertiary/aromatic N) is 2. The summed E-state index contributed by atoms with van der Waals surface area (Å²) in [6.45, 7) is 6.41. The molecule has 4 nitrogen and oxygen atoms in total. The molecule has 0 saturated carbocycles. The number of hydrogen-bond acceptors (Lipinski definition) is 5. The maximum absolute atomic E-state index is 5.78. The first kappa shape index (κ1) is 14.2. The molecule has 2 heterocycles. The molecule has 0 radical (unpaired) electrons. The SMILES string of the molecule is Cc1cccc2sc(Nc3nc4cc(C(C)C)ccc4o3)nc12. The number of oxazole rings is 1. The van der Waals surface area contributed by atoms with Crippen molar-refractivity contribution in [1.29, 1.82) is 0 Å². The van der Waals surface area contributed by atoms with Crippen LogP contribution in [0.4, 0.5) is 11.1 Å². The zero-order chi connectivity index (χ0) is 16.0. The Morgan fingerprint density at radius 2 is 2.00 bits per heavy atom. The standard InChI is InChI=1S/C18H17N3OS/c1-10(2)12-7-8-14-13(9-12)19-17(22-14)21-18-20-16-11(3)5-4-6-15(16)23-18/h4-10H,1-3H3,(H,19,20,21). The normalized spacial score (nSPS) is 11.7. The Morgan fingerprint density at radius 3 is 2.78 bits per heavy atom. The van der Waals surface area contributed by atoms with Gasteiger partial charge in [-0.05, 0) is 42.2 Å². The fourth-order valence-corrected chi connectivity index (χ4v) is 3.52. The van der Waals surface area contributed by atoms with E-state index >= 15 is 0 Å². The van der Waals surface area contributed by atoms with Gasteiger partial charge in [-0.2, -0.15) is 4.98 Å². The number of fused-ring (bicyclic) bond motifs is 2. The van der Waals surface area contributed by atoms with E-state index in [2.05, 4.69) is 60.3 Å². The third-order valence-corrected chi connectivity index (χ3v) is 4.85. The van der Waals surface area contributed by atoms with Crippen LogP contribution in [-0.2, 0) is 0 Å². The first-order valence-electron chi connectivity index (χ1n) is 7.64. The lowest BCUT2D eigenvalue weighted by Crippen LogP contribution is -1.89. The van der Waals surface area contributed by atoms with Crippen molar-refractivity contribution < 1.29 is 4.42 Å². The van der Waals surface area contributed by atoms with Crippen LogP contribution < -0.4 is 5.32 Å². The molecular weight excluding hydrogens is 306 g/mol. The highest BCUT2D eigenvalue weighted by molar-refractivity contribution is 7.22. The Morgan fingerprint density at radius 1 is 1.13 bits per heavy atom. The van der Waals surface area contributed by atoms with Gasteiger partial charge in [0.1, 0.15) is 5.52 Å². The average Bonchev–Trinajstić information content (AvgIpc) is 3.10. The van der Waals surface area contributed by atoms with Gasteiger partial charge in [0, 0.05) is 0 Å². The van der Waals surface area contributed by atoms with Crippen LogP contribution in [0.3, 0.4) is 0 Å². The molecule has 0 saturated heterocycles. The molecule has 0 fully saturated rings. The number of rotatable bonds is 3. The fraction of sp³-hybridized carbons (Fsp3) is 0.222. The van der Waals surface area contributed by atoms with Crippen molar-refractivity contribution in [2.75, 3.05) is 5.32 Å². The van der Waals surface area contributed by atoms with Gasteiger partial charge in [0.05, 0.1) is 10.2 Å². The van der Waals surface area contributed by atoms with Gasteiger partial charge >= 0.3 is 6.01 Å². The Kier molecular flexibility index (Phi) is 3.31. The highest BCUT2D eigenvalue weighted by Crippen LogP contribution is 2.31. The Labute approximate surface area is 138 Å². The second-order valence-electron chi connectivity index (χ2n) is 5.97. The quantitative estimate of drug-likeness (QED) is 0.532. The second-order valence-corrected chi connectivity index (χ2v) is 7.00. The second kappa shape index (κ2) is 5.35. The molecule has 0 spiro atoms. The van der Waals surface area contributed by atoms with Crippen molar-refractivity contribution in [3.63, 3.8) is 0 Å². The van der Waals surface area contributed by atoms with E-state index in [9.17, 15) is 0 Å². The van der Waals surface area contributed by atoms with Crippen molar-refractivity contribution in [3.05, 3.63) is 47.5 Å². The maximum atomic E-state index is 5.78. The minimum absolute atomic E-state index is 0.472. The van der Waals surface area contributed by atoms with Gasteiger partial charge in [0.2, 0.25) is 0 Å². The molecule has 0 aliphatic rings. The molecule has 2 aromatic heterocycles. The molecule has 0 atom stereocenters. The van der Waals surface area contributed by atoms with Gasteiger partial charge < -0.3 is 4.42 Å². The number of hydrogen-bond donors (Lipinski definition) is 1. The Hall–Kier alpha value is -2.40. The highest BCUT2D eigenvalue weighted by Gasteiger charge is 2.11. The van der Waals surface area contributed by atoms with E-state index < -0.39 is 0 Å². The molecule has 2 aromatic carbocycles. The molecule has 0 unspecified atom stereocenters. The van der Waals surface area contributed by atoms with E-state index in [1.54, 1.807) is 11.3 Å². The predicted molar refractivity (Wildman–Crippen MR) is 95.7 cm³/mol. The van der Waals surface area contributed by atoms with Crippen molar-refractivity contribution in [2.45, 2.75) is 26.7 Å². The number of benzene rings is 2. The van der Waals surface area contributed by atoms with Crippen molar-refractivity contribution in [3.8, 4) is 0 Å². The summed E-state index contributed by atoms with van der Waals surface area (Å²) >= 11 is 1.60. The van der Waals surface area contributed by atoms with E-state index in [0.717, 1.165) is 26.4 Å². The monoisotopic (exact) mass is 323 g/mol. The molecular formula is C18H17N3OS. The highest BCUT2D eigenvalue weighted by atomic mass is 32.1. The minimum Gasteiger partial charge on any atom is -0.423 e. The lowest BCUT2D eigenvalue weighted by atomic mass is 10.0. The number of para-hydroxylation sites is 1. The lowest BCUT2D eigenvalue weighted by molar-refractivity contribution is 0.623. The molecule has 0 bridgehead atoms. The molecule has 1 N–H and O–H groups in total. The summed E-state index contributed by atoms with van der Waals surface area (Å²) in [6, 6.07) is 12.8. The van der Waals surface area contributed by atoms with E-state index in [4.69, 9.17) is 4.42 Å². The summed E-state index contributed by atoms with van der Waals surface area (Å²) in [6.07, 6.45) is 0. The molecule has 116 valence electrons. The van der Waals surface area contributed by atoms with Crippen LogP contribution >= 0.6 is 11.3 Å². The maximum Gasteiger partial charge on any atom is 0.302 e. The number of nitrogens with one attached hydrogen (secondary N) is 1. The summed E-state index contributed by atoms with van der Waals surface area (Å²) in [5, 5.41) is 3.98. The summed E-state index contributed by atoms with van der Waals surface area (Å²) in [5.41, 5.74) is 5.11. The zero-order valence-corrected chi connectivity index (χ0v) is 14.1. The molecule has 0 aliphatic carbocycles. The summed E-state index contributed by atoms with van der Waals surface area (Å²) in [7, 11) is 0. The summed E-state index contributed by atoms with van der Waals surface area (Å²) in [4.78, 5) is 9.16. The van der Waals surface area contributed by atoms with Gasteiger partial charge in [-0.15, -0.1) is 0 Å². The van der Waals surface area contributed by atoms with Gasteiger partial charge in [-0.1, -0.05) is 43.4 Å². The predicted octanol–water partition coefficient (Wildman–Crippen LogP) is 5.61. The first-order valence-corrected chi connectivity index (χ1v) is 8.45. The Bertz CT molecular complexity index is 1000. The van der Waals surface area contributed by atoms with E-state index in [1.165, 1.54) is 11.1 Å². The van der Waals surface area contributed by atoms with Crippen molar-refractivity contribution in [1.82, 2.24) is 9.97 Å².